The summed E-state index contributed by atoms with van der Waals surface area (Å²) in [5, 5.41) is 2.33. The molecule has 0 unspecified atom stereocenters. The SMILES string of the molecule is CC(C)(C)c1ccnc(-n2c3ccccc3c3ccc(Oc4cccc([N+]5=[C-]Cc6ccccc6Oc6ccccc65)c4)cc32)c1. The lowest BCUT2D eigenvalue weighted by Crippen LogP contribution is -2.12. The fourth-order valence-corrected chi connectivity index (χ4v) is 6.17. The Balaban J connectivity index is 1.20. The van der Waals surface area contributed by atoms with Gasteiger partial charge in [-0.2, -0.15) is 0 Å². The van der Waals surface area contributed by atoms with E-state index in [1.54, 1.807) is 0 Å². The first-order valence-corrected chi connectivity index (χ1v) is 15.6. The molecule has 2 aromatic heterocycles. The Morgan fingerprint density at radius 1 is 0.717 bits per heavy atom. The quantitative estimate of drug-likeness (QED) is 0.149. The Morgan fingerprint density at radius 2 is 1.48 bits per heavy atom. The van der Waals surface area contributed by atoms with Crippen LogP contribution < -0.4 is 14.0 Å². The van der Waals surface area contributed by atoms with E-state index in [9.17, 15) is 0 Å². The molecule has 5 nitrogen and oxygen atoms in total. The minimum atomic E-state index is 0.00706. The lowest BCUT2D eigenvalue weighted by Gasteiger charge is -2.21. The van der Waals surface area contributed by atoms with Crippen molar-refractivity contribution < 1.29 is 9.47 Å². The first-order chi connectivity index (χ1) is 22.4. The van der Waals surface area contributed by atoms with E-state index in [2.05, 4.69) is 103 Å². The molecule has 5 aromatic carbocycles. The van der Waals surface area contributed by atoms with Gasteiger partial charge in [-0.15, -0.1) is 0 Å². The Morgan fingerprint density at radius 3 is 2.37 bits per heavy atom. The maximum absolute atomic E-state index is 6.56. The smallest absolute Gasteiger partial charge is 0.148 e. The van der Waals surface area contributed by atoms with E-state index in [0.29, 0.717) is 6.42 Å². The Kier molecular flexibility index (Phi) is 6.68. The van der Waals surface area contributed by atoms with Gasteiger partial charge in [0.15, 0.2) is 0 Å². The van der Waals surface area contributed by atoms with Crippen LogP contribution in [-0.2, 0) is 11.8 Å². The highest BCUT2D eigenvalue weighted by molar-refractivity contribution is 6.09. The number of ether oxygens (including phenoxy) is 2. The summed E-state index contributed by atoms with van der Waals surface area (Å²) in [7, 11) is 0. The van der Waals surface area contributed by atoms with Crippen LogP contribution in [0, 0.1) is 0 Å². The molecule has 0 aliphatic carbocycles. The van der Waals surface area contributed by atoms with Crippen molar-refractivity contribution in [2.75, 3.05) is 0 Å². The summed E-state index contributed by atoms with van der Waals surface area (Å²) in [5.41, 5.74) is 6.34. The third-order valence-electron chi connectivity index (χ3n) is 8.52. The highest BCUT2D eigenvalue weighted by Crippen LogP contribution is 2.39. The summed E-state index contributed by atoms with van der Waals surface area (Å²) < 4.78 is 17.2. The van der Waals surface area contributed by atoms with Crippen molar-refractivity contribution in [1.82, 2.24) is 14.1 Å². The van der Waals surface area contributed by atoms with Crippen LogP contribution in [0.15, 0.2) is 134 Å². The van der Waals surface area contributed by atoms with Gasteiger partial charge in [0.25, 0.3) is 0 Å². The maximum Gasteiger partial charge on any atom is 0.148 e. The number of hydrogen-bond acceptors (Lipinski definition) is 3. The lowest BCUT2D eigenvalue weighted by molar-refractivity contribution is 0.474. The molecule has 0 spiro atoms. The normalized spacial score (nSPS) is 12.9. The van der Waals surface area contributed by atoms with Gasteiger partial charge < -0.3 is 14.0 Å². The molecule has 224 valence electrons. The van der Waals surface area contributed by atoms with Crippen molar-refractivity contribution in [2.24, 2.45) is 0 Å². The van der Waals surface area contributed by atoms with Crippen LogP contribution in [0.2, 0.25) is 0 Å². The van der Waals surface area contributed by atoms with Crippen molar-refractivity contribution in [3.8, 4) is 28.8 Å². The fourth-order valence-electron chi connectivity index (χ4n) is 6.17. The molecule has 5 heteroatoms. The average Bonchev–Trinajstić information content (AvgIpc) is 3.38. The Labute approximate surface area is 268 Å². The molecular formula is C41H33N3O2. The average molecular weight is 600 g/mol. The van der Waals surface area contributed by atoms with Crippen LogP contribution >= 0.6 is 0 Å². The lowest BCUT2D eigenvalue weighted by atomic mass is 9.88. The van der Waals surface area contributed by atoms with Gasteiger partial charge in [-0.1, -0.05) is 75.4 Å². The van der Waals surface area contributed by atoms with Gasteiger partial charge >= 0.3 is 0 Å². The zero-order valence-corrected chi connectivity index (χ0v) is 26.1. The van der Waals surface area contributed by atoms with E-state index in [0.717, 1.165) is 62.2 Å². The number of pyridine rings is 1. The zero-order valence-electron chi connectivity index (χ0n) is 26.1. The van der Waals surface area contributed by atoms with Crippen molar-refractivity contribution in [3.63, 3.8) is 0 Å². The second kappa shape index (κ2) is 11.0. The summed E-state index contributed by atoms with van der Waals surface area (Å²) in [6.45, 7) is 6.68. The monoisotopic (exact) mass is 599 g/mol. The van der Waals surface area contributed by atoms with Crippen LogP contribution in [0.3, 0.4) is 0 Å². The van der Waals surface area contributed by atoms with E-state index in [1.165, 1.54) is 10.9 Å². The molecule has 1 aliphatic rings. The van der Waals surface area contributed by atoms with Crippen LogP contribution in [0.4, 0.5) is 11.4 Å². The molecule has 0 saturated carbocycles. The first kappa shape index (κ1) is 27.8. The minimum Gasteiger partial charge on any atom is -0.463 e. The number of rotatable bonds is 4. The highest BCUT2D eigenvalue weighted by Gasteiger charge is 2.19. The van der Waals surface area contributed by atoms with Gasteiger partial charge in [-0.3, -0.25) is 4.57 Å². The zero-order chi connectivity index (χ0) is 31.3. The molecule has 7 aromatic rings. The number of aromatic nitrogens is 2. The van der Waals surface area contributed by atoms with Crippen molar-refractivity contribution in [2.45, 2.75) is 32.6 Å². The van der Waals surface area contributed by atoms with Crippen molar-refractivity contribution >= 4 is 39.4 Å². The molecule has 46 heavy (non-hydrogen) atoms. The molecule has 1 aliphatic heterocycles. The second-order valence-electron chi connectivity index (χ2n) is 12.6. The largest absolute Gasteiger partial charge is 0.463 e. The molecule has 0 bridgehead atoms. The van der Waals surface area contributed by atoms with E-state index in [-0.39, 0.29) is 5.41 Å². The predicted molar refractivity (Wildman–Crippen MR) is 187 cm³/mol. The summed E-state index contributed by atoms with van der Waals surface area (Å²) in [6.07, 6.45) is 6.13. The van der Waals surface area contributed by atoms with E-state index >= 15 is 0 Å². The van der Waals surface area contributed by atoms with Gasteiger partial charge in [-0.25, -0.2) is 4.98 Å². The molecule has 0 N–H and O–H groups in total. The molecule has 0 fully saturated rings. The molecule has 3 heterocycles. The predicted octanol–water partition coefficient (Wildman–Crippen LogP) is 10.4. The molecule has 0 saturated heterocycles. The van der Waals surface area contributed by atoms with Gasteiger partial charge in [-0.05, 0) is 83.3 Å². The van der Waals surface area contributed by atoms with Crippen LogP contribution in [0.5, 0.6) is 23.0 Å². The summed E-state index contributed by atoms with van der Waals surface area (Å²) in [4.78, 5) is 4.82. The van der Waals surface area contributed by atoms with E-state index < -0.39 is 0 Å². The van der Waals surface area contributed by atoms with Crippen molar-refractivity contribution in [3.05, 3.63) is 145 Å². The van der Waals surface area contributed by atoms with Gasteiger partial charge in [0.2, 0.25) is 0 Å². The van der Waals surface area contributed by atoms with E-state index in [4.69, 9.17) is 14.5 Å². The summed E-state index contributed by atoms with van der Waals surface area (Å²) in [6, 6.07) is 43.4. The number of hydrogen-bond donors (Lipinski definition) is 0. The number of benzene rings is 5. The number of para-hydroxylation sites is 4. The molecule has 0 amide bonds. The van der Waals surface area contributed by atoms with Gasteiger partial charge in [0.1, 0.15) is 40.2 Å². The second-order valence-corrected chi connectivity index (χ2v) is 12.6. The summed E-state index contributed by atoms with van der Waals surface area (Å²) >= 11 is 0. The minimum absolute atomic E-state index is 0.00706. The molecule has 8 rings (SSSR count). The van der Waals surface area contributed by atoms with Crippen LogP contribution in [0.25, 0.3) is 27.6 Å². The first-order valence-electron chi connectivity index (χ1n) is 15.6. The Bertz CT molecular complexity index is 2290. The Hall–Kier alpha value is -5.68. The third-order valence-corrected chi connectivity index (χ3v) is 8.52. The number of fused-ring (bicyclic) bond motifs is 5. The van der Waals surface area contributed by atoms with Crippen LogP contribution in [0.1, 0.15) is 31.9 Å². The molecular weight excluding hydrogens is 566 g/mol. The van der Waals surface area contributed by atoms with Crippen LogP contribution in [-0.4, -0.2) is 15.8 Å². The number of nitrogens with zero attached hydrogens (tertiary/aromatic N) is 3. The topological polar surface area (TPSA) is 39.3 Å². The standard InChI is InChI=1S/C41H33N3O2/c1-41(2,3)29-21-23-42-40(25-29)44-35-15-6-5-14-33(35)34-20-19-32(27-37(34)44)45-31-13-10-12-30(26-31)43-24-22-28-11-4-8-17-38(28)46-39-18-9-7-16-36(39)43/h4-21,23,25-27H,22H2,1-3H3. The van der Waals surface area contributed by atoms with Gasteiger partial charge in [0, 0.05) is 29.5 Å². The van der Waals surface area contributed by atoms with Crippen molar-refractivity contribution in [1.29, 1.82) is 0 Å². The molecule has 0 atom stereocenters. The van der Waals surface area contributed by atoms with E-state index in [1.807, 2.05) is 66.9 Å². The third kappa shape index (κ3) is 5.00. The molecule has 0 radical (unpaired) electrons. The maximum atomic E-state index is 6.56. The summed E-state index contributed by atoms with van der Waals surface area (Å²) in [5.74, 6) is 4.00. The highest BCUT2D eigenvalue weighted by atomic mass is 16.5. The van der Waals surface area contributed by atoms with Gasteiger partial charge in [0.05, 0.1) is 17.2 Å². The fraction of sp³-hybridized carbons (Fsp3) is 0.122.